The molecular formula is C32H40N2O3. The van der Waals surface area contributed by atoms with E-state index in [0.29, 0.717) is 12.0 Å². The van der Waals surface area contributed by atoms with Gasteiger partial charge in [-0.05, 0) is 87.1 Å². The van der Waals surface area contributed by atoms with E-state index < -0.39 is 11.4 Å². The van der Waals surface area contributed by atoms with Crippen molar-refractivity contribution in [1.29, 1.82) is 0 Å². The number of unbranched alkanes of at least 4 members (excludes halogenated alkanes) is 1. The molecule has 2 N–H and O–H groups in total. The van der Waals surface area contributed by atoms with Crippen LogP contribution >= 0.6 is 0 Å². The number of aromatic nitrogens is 2. The number of rotatable bonds is 9. The van der Waals surface area contributed by atoms with Crippen LogP contribution in [0.4, 0.5) is 0 Å². The van der Waals surface area contributed by atoms with E-state index in [-0.39, 0.29) is 5.75 Å². The molecule has 2 fully saturated rings. The molecule has 196 valence electrons. The van der Waals surface area contributed by atoms with Crippen LogP contribution in [0.1, 0.15) is 95.2 Å². The summed E-state index contributed by atoms with van der Waals surface area (Å²) in [5.74, 6) is 0.235. The lowest BCUT2D eigenvalue weighted by atomic mass is 9.66. The number of hydrogen-bond donors (Lipinski definition) is 2. The molecular weight excluding hydrogens is 460 g/mol. The molecule has 2 aromatic carbocycles. The lowest BCUT2D eigenvalue weighted by Crippen LogP contribution is -2.39. The molecule has 1 aromatic heterocycles. The highest BCUT2D eigenvalue weighted by molar-refractivity contribution is 5.82. The van der Waals surface area contributed by atoms with Gasteiger partial charge >= 0.3 is 5.97 Å². The predicted octanol–water partition coefficient (Wildman–Crippen LogP) is 7.91. The van der Waals surface area contributed by atoms with E-state index in [1.807, 2.05) is 24.3 Å². The highest BCUT2D eigenvalue weighted by Gasteiger charge is 2.43. The fraction of sp³-hybridized carbons (Fsp3) is 0.500. The number of nitrogens with zero attached hydrogens (tertiary/aromatic N) is 2. The summed E-state index contributed by atoms with van der Waals surface area (Å²) in [7, 11) is 0. The summed E-state index contributed by atoms with van der Waals surface area (Å²) >= 11 is 0. The zero-order valence-electron chi connectivity index (χ0n) is 22.2. The van der Waals surface area contributed by atoms with Crippen LogP contribution in [-0.2, 0) is 16.6 Å². The van der Waals surface area contributed by atoms with Gasteiger partial charge < -0.3 is 10.2 Å². The minimum atomic E-state index is -0.780. The van der Waals surface area contributed by atoms with Gasteiger partial charge in [0, 0.05) is 16.7 Å². The van der Waals surface area contributed by atoms with Gasteiger partial charge in [-0.25, -0.2) is 0 Å². The molecule has 0 saturated heterocycles. The number of hydrogen-bond acceptors (Lipinski definition) is 3. The Labute approximate surface area is 220 Å². The predicted molar refractivity (Wildman–Crippen MR) is 148 cm³/mol. The molecule has 5 rings (SSSR count). The van der Waals surface area contributed by atoms with Crippen LogP contribution in [0.5, 0.6) is 5.75 Å². The van der Waals surface area contributed by atoms with Crippen LogP contribution < -0.4 is 0 Å². The Bertz CT molecular complexity index is 1210. The maximum atomic E-state index is 12.6. The minimum Gasteiger partial charge on any atom is -0.508 e. The van der Waals surface area contributed by atoms with E-state index in [1.54, 1.807) is 12.1 Å². The van der Waals surface area contributed by atoms with Gasteiger partial charge in [0.05, 0.1) is 22.8 Å². The van der Waals surface area contributed by atoms with E-state index in [9.17, 15) is 15.0 Å². The van der Waals surface area contributed by atoms with E-state index in [1.165, 1.54) is 31.2 Å². The number of carbonyl (C=O) groups is 1. The van der Waals surface area contributed by atoms with Gasteiger partial charge in [-0.2, -0.15) is 5.10 Å². The van der Waals surface area contributed by atoms with E-state index >= 15 is 0 Å². The zero-order valence-corrected chi connectivity index (χ0v) is 22.2. The molecule has 0 atom stereocenters. The normalized spacial score (nSPS) is 22.1. The number of carboxylic acid groups (broad SMARTS) is 1. The number of benzene rings is 2. The van der Waals surface area contributed by atoms with Crippen molar-refractivity contribution in [2.24, 2.45) is 5.92 Å². The molecule has 5 nitrogen and oxygen atoms in total. The monoisotopic (exact) mass is 500 g/mol. The Balaban J connectivity index is 1.48. The molecule has 2 aliphatic carbocycles. The standard InChI is InChI=1S/C32H40N2O3/c1-3-5-7-22-18-20-32(21-19-22,31(36)37)25-14-10-23(11-15-25)29-28(4-2)30(24-12-16-27(35)17-13-24)34(33-29)26-8-6-9-26/h10-17,22,26,35H,3-9,18-21H2,1-2H3,(H,36,37). The molecule has 0 spiro atoms. The average Bonchev–Trinajstić information content (AvgIpc) is 3.26. The first-order valence-corrected chi connectivity index (χ1v) is 14.2. The highest BCUT2D eigenvalue weighted by Crippen LogP contribution is 2.45. The van der Waals surface area contributed by atoms with E-state index in [0.717, 1.165) is 73.0 Å². The third kappa shape index (κ3) is 4.81. The van der Waals surface area contributed by atoms with Crippen molar-refractivity contribution >= 4 is 5.97 Å². The Kier molecular flexibility index (Phi) is 7.41. The summed E-state index contributed by atoms with van der Waals surface area (Å²) in [5.41, 5.74) is 5.58. The molecule has 5 heteroatoms. The van der Waals surface area contributed by atoms with Crippen LogP contribution in [-0.4, -0.2) is 26.0 Å². The van der Waals surface area contributed by atoms with Crippen molar-refractivity contribution in [3.05, 3.63) is 59.7 Å². The summed E-state index contributed by atoms with van der Waals surface area (Å²) in [4.78, 5) is 12.6. The number of phenolic OH excluding ortho intramolecular Hbond substituents is 1. The summed E-state index contributed by atoms with van der Waals surface area (Å²) in [5, 5.41) is 25.3. The van der Waals surface area contributed by atoms with Crippen molar-refractivity contribution in [3.8, 4) is 28.3 Å². The lowest BCUT2D eigenvalue weighted by molar-refractivity contribution is -0.145. The molecule has 1 heterocycles. The summed E-state index contributed by atoms with van der Waals surface area (Å²) in [6.07, 6.45) is 11.4. The quantitative estimate of drug-likeness (QED) is 0.313. The smallest absolute Gasteiger partial charge is 0.314 e. The molecule has 2 aliphatic rings. The lowest BCUT2D eigenvalue weighted by Gasteiger charge is -2.37. The first-order valence-electron chi connectivity index (χ1n) is 14.2. The van der Waals surface area contributed by atoms with Crippen LogP contribution in [0.15, 0.2) is 48.5 Å². The largest absolute Gasteiger partial charge is 0.508 e. The maximum Gasteiger partial charge on any atom is 0.314 e. The fourth-order valence-electron chi connectivity index (χ4n) is 6.38. The van der Waals surface area contributed by atoms with Gasteiger partial charge in [0.1, 0.15) is 5.75 Å². The maximum absolute atomic E-state index is 12.6. The second-order valence-corrected chi connectivity index (χ2v) is 11.2. The van der Waals surface area contributed by atoms with Crippen molar-refractivity contribution in [1.82, 2.24) is 9.78 Å². The van der Waals surface area contributed by atoms with Crippen LogP contribution in [0.25, 0.3) is 22.5 Å². The van der Waals surface area contributed by atoms with Gasteiger partial charge in [0.15, 0.2) is 0 Å². The third-order valence-electron chi connectivity index (χ3n) is 8.97. The Hall–Kier alpha value is -3.08. The highest BCUT2D eigenvalue weighted by atomic mass is 16.4. The van der Waals surface area contributed by atoms with Gasteiger partial charge in [-0.3, -0.25) is 9.48 Å². The third-order valence-corrected chi connectivity index (χ3v) is 8.97. The molecule has 0 radical (unpaired) electrons. The van der Waals surface area contributed by atoms with Gasteiger partial charge in [-0.1, -0.05) is 57.4 Å². The number of aliphatic carboxylic acids is 1. The van der Waals surface area contributed by atoms with Crippen molar-refractivity contribution in [2.45, 2.75) is 95.9 Å². The second kappa shape index (κ2) is 10.7. The first-order chi connectivity index (χ1) is 18.0. The molecule has 0 unspecified atom stereocenters. The van der Waals surface area contributed by atoms with Gasteiger partial charge in [0.2, 0.25) is 0 Å². The topological polar surface area (TPSA) is 75.3 Å². The van der Waals surface area contributed by atoms with Crippen molar-refractivity contribution in [3.63, 3.8) is 0 Å². The summed E-state index contributed by atoms with van der Waals surface area (Å²) in [6.45, 7) is 4.39. The SMILES string of the molecule is CCCCC1CCC(C(=O)O)(c2ccc(-c3nn(C4CCC4)c(-c4ccc(O)cc4)c3CC)cc2)CC1. The molecule has 3 aromatic rings. The minimum absolute atomic E-state index is 0.263. The Morgan fingerprint density at radius 2 is 1.62 bits per heavy atom. The van der Waals surface area contributed by atoms with Gasteiger partial charge in [0.25, 0.3) is 0 Å². The summed E-state index contributed by atoms with van der Waals surface area (Å²) in [6, 6.07) is 16.1. The van der Waals surface area contributed by atoms with E-state index in [2.05, 4.69) is 30.7 Å². The van der Waals surface area contributed by atoms with Crippen molar-refractivity contribution in [2.75, 3.05) is 0 Å². The first kappa shape index (κ1) is 25.6. The van der Waals surface area contributed by atoms with Crippen LogP contribution in [0.3, 0.4) is 0 Å². The molecule has 0 aliphatic heterocycles. The van der Waals surface area contributed by atoms with E-state index in [4.69, 9.17) is 5.10 Å². The van der Waals surface area contributed by atoms with Crippen LogP contribution in [0, 0.1) is 5.92 Å². The fourth-order valence-corrected chi connectivity index (χ4v) is 6.38. The van der Waals surface area contributed by atoms with Crippen LogP contribution in [0.2, 0.25) is 0 Å². The molecule has 0 bridgehead atoms. The van der Waals surface area contributed by atoms with Crippen molar-refractivity contribution < 1.29 is 15.0 Å². The number of carboxylic acids is 1. The molecule has 37 heavy (non-hydrogen) atoms. The zero-order chi connectivity index (χ0) is 26.0. The Morgan fingerprint density at radius 1 is 0.973 bits per heavy atom. The number of aromatic hydroxyl groups is 1. The second-order valence-electron chi connectivity index (χ2n) is 11.2. The van der Waals surface area contributed by atoms with Gasteiger partial charge in [-0.15, -0.1) is 0 Å². The molecule has 2 saturated carbocycles. The molecule has 0 amide bonds. The average molecular weight is 501 g/mol. The number of phenols is 1. The summed E-state index contributed by atoms with van der Waals surface area (Å²) < 4.78 is 2.20. The Morgan fingerprint density at radius 3 is 2.16 bits per heavy atom.